The summed E-state index contributed by atoms with van der Waals surface area (Å²) in [4.78, 5) is 28.3. The predicted octanol–water partition coefficient (Wildman–Crippen LogP) is 4.05. The third kappa shape index (κ3) is 4.42. The van der Waals surface area contributed by atoms with Gasteiger partial charge in [0.15, 0.2) is 5.13 Å². The number of cyclic esters (lactones) is 1. The van der Waals surface area contributed by atoms with Gasteiger partial charge in [0.25, 0.3) is 0 Å². The minimum atomic E-state index is -0.372. The minimum absolute atomic E-state index is 0.0704. The molecule has 8 heteroatoms. The standard InChI is InChI=1S/C21H24N2O5S/c1-12(6-8-16(24)23-21-22-9-10-29-21)5-7-14-18(26-3)13(2)15-11-28-20(25)17(15)19(14)27-4/h5,9-10H,6-8,11H2,1-4H3,(H,22,23,24)/b12-5+. The van der Waals surface area contributed by atoms with E-state index in [0.29, 0.717) is 41.5 Å². The molecule has 1 aliphatic heterocycles. The summed E-state index contributed by atoms with van der Waals surface area (Å²) >= 11 is 1.39. The average molecular weight is 416 g/mol. The number of methoxy groups -OCH3 is 2. The molecule has 1 N–H and O–H groups in total. The number of aromatic nitrogens is 1. The molecule has 29 heavy (non-hydrogen) atoms. The van der Waals surface area contributed by atoms with E-state index in [1.165, 1.54) is 11.3 Å². The van der Waals surface area contributed by atoms with Crippen LogP contribution in [0.5, 0.6) is 11.5 Å². The van der Waals surface area contributed by atoms with E-state index < -0.39 is 0 Å². The van der Waals surface area contributed by atoms with Gasteiger partial charge in [-0.25, -0.2) is 9.78 Å². The van der Waals surface area contributed by atoms with Crippen molar-refractivity contribution < 1.29 is 23.8 Å². The molecule has 0 unspecified atom stereocenters. The zero-order valence-electron chi connectivity index (χ0n) is 17.0. The number of amides is 1. The number of anilines is 1. The fourth-order valence-electron chi connectivity index (χ4n) is 3.39. The molecule has 2 aromatic rings. The van der Waals surface area contributed by atoms with Crippen molar-refractivity contribution in [1.82, 2.24) is 4.98 Å². The number of hydrogen-bond donors (Lipinski definition) is 1. The number of rotatable bonds is 8. The molecule has 1 amide bonds. The van der Waals surface area contributed by atoms with Crippen LogP contribution in [0.2, 0.25) is 0 Å². The van der Waals surface area contributed by atoms with Gasteiger partial charge in [-0.15, -0.1) is 11.3 Å². The van der Waals surface area contributed by atoms with Gasteiger partial charge in [0.1, 0.15) is 23.7 Å². The fraction of sp³-hybridized carbons (Fsp3) is 0.381. The van der Waals surface area contributed by atoms with Gasteiger partial charge < -0.3 is 19.5 Å². The molecule has 0 atom stereocenters. The van der Waals surface area contributed by atoms with E-state index >= 15 is 0 Å². The van der Waals surface area contributed by atoms with Crippen LogP contribution in [0.3, 0.4) is 0 Å². The van der Waals surface area contributed by atoms with Crippen molar-refractivity contribution in [3.63, 3.8) is 0 Å². The lowest BCUT2D eigenvalue weighted by Crippen LogP contribution is -2.11. The third-order valence-corrected chi connectivity index (χ3v) is 5.60. The number of carbonyl (C=O) groups excluding carboxylic acids is 2. The van der Waals surface area contributed by atoms with Crippen LogP contribution in [0.1, 0.15) is 46.8 Å². The van der Waals surface area contributed by atoms with E-state index in [-0.39, 0.29) is 18.5 Å². The Labute approximate surface area is 173 Å². The summed E-state index contributed by atoms with van der Waals surface area (Å²) in [5, 5.41) is 5.20. The van der Waals surface area contributed by atoms with Crippen LogP contribution < -0.4 is 14.8 Å². The maximum atomic E-state index is 12.2. The summed E-state index contributed by atoms with van der Waals surface area (Å²) in [6.07, 6.45) is 5.19. The predicted molar refractivity (Wildman–Crippen MR) is 111 cm³/mol. The summed E-state index contributed by atoms with van der Waals surface area (Å²) in [5.41, 5.74) is 4.04. The van der Waals surface area contributed by atoms with Crippen LogP contribution >= 0.6 is 11.3 Å². The number of fused-ring (bicyclic) bond motifs is 1. The summed E-state index contributed by atoms with van der Waals surface area (Å²) in [6.45, 7) is 4.13. The Bertz CT molecular complexity index is 951. The summed E-state index contributed by atoms with van der Waals surface area (Å²) in [6, 6.07) is 0. The maximum Gasteiger partial charge on any atom is 0.342 e. The Morgan fingerprint density at radius 2 is 2.07 bits per heavy atom. The van der Waals surface area contributed by atoms with Crippen LogP contribution in [-0.2, 0) is 22.6 Å². The van der Waals surface area contributed by atoms with Crippen molar-refractivity contribution in [1.29, 1.82) is 0 Å². The topological polar surface area (TPSA) is 86.8 Å². The molecule has 3 rings (SSSR count). The SMILES string of the molecule is COc1c(C)c2c(c(OC)c1C/C=C(\C)CCC(=O)Nc1nccs1)C(=O)OC2. The highest BCUT2D eigenvalue weighted by Crippen LogP contribution is 2.42. The molecule has 7 nitrogen and oxygen atoms in total. The van der Waals surface area contributed by atoms with Gasteiger partial charge in [0.2, 0.25) is 5.91 Å². The van der Waals surface area contributed by atoms with E-state index in [1.54, 1.807) is 20.4 Å². The number of carbonyl (C=O) groups is 2. The molecule has 0 fully saturated rings. The molecular weight excluding hydrogens is 392 g/mol. The van der Waals surface area contributed by atoms with E-state index in [2.05, 4.69) is 10.3 Å². The van der Waals surface area contributed by atoms with Crippen molar-refractivity contribution in [3.05, 3.63) is 45.5 Å². The molecular formula is C21H24N2O5S. The van der Waals surface area contributed by atoms with E-state index in [0.717, 1.165) is 22.3 Å². The van der Waals surface area contributed by atoms with Gasteiger partial charge in [0.05, 0.1) is 14.2 Å². The number of esters is 1. The van der Waals surface area contributed by atoms with Gasteiger partial charge in [-0.1, -0.05) is 11.6 Å². The number of allylic oxidation sites excluding steroid dienone is 2. The lowest BCUT2D eigenvalue weighted by Gasteiger charge is -2.18. The summed E-state index contributed by atoms with van der Waals surface area (Å²) in [5.74, 6) is 0.752. The number of thiazole rings is 1. The fourth-order valence-corrected chi connectivity index (χ4v) is 3.94. The lowest BCUT2D eigenvalue weighted by atomic mass is 9.94. The normalized spacial score (nSPS) is 13.1. The number of ether oxygens (including phenoxy) is 3. The molecule has 0 saturated carbocycles. The average Bonchev–Trinajstić information content (AvgIpc) is 3.35. The van der Waals surface area contributed by atoms with Gasteiger partial charge in [-0.3, -0.25) is 4.79 Å². The highest BCUT2D eigenvalue weighted by Gasteiger charge is 2.32. The number of nitrogens with zero attached hydrogens (tertiary/aromatic N) is 1. The second-order valence-corrected chi connectivity index (χ2v) is 7.63. The molecule has 2 heterocycles. The second kappa shape index (κ2) is 9.09. The van der Waals surface area contributed by atoms with Gasteiger partial charge in [-0.2, -0.15) is 0 Å². The molecule has 0 saturated heterocycles. The number of nitrogens with one attached hydrogen (secondary N) is 1. The quantitative estimate of drug-likeness (QED) is 0.516. The maximum absolute atomic E-state index is 12.2. The Morgan fingerprint density at radius 3 is 2.72 bits per heavy atom. The van der Waals surface area contributed by atoms with Crippen molar-refractivity contribution in [3.8, 4) is 11.5 Å². The van der Waals surface area contributed by atoms with Crippen molar-refractivity contribution >= 4 is 28.3 Å². The largest absolute Gasteiger partial charge is 0.496 e. The van der Waals surface area contributed by atoms with Crippen molar-refractivity contribution in [2.45, 2.75) is 39.7 Å². The zero-order chi connectivity index (χ0) is 21.0. The number of benzene rings is 1. The van der Waals surface area contributed by atoms with Gasteiger partial charge >= 0.3 is 5.97 Å². The van der Waals surface area contributed by atoms with E-state index in [1.807, 2.05) is 25.3 Å². The zero-order valence-corrected chi connectivity index (χ0v) is 17.8. The Kier molecular flexibility index (Phi) is 6.53. The smallest absolute Gasteiger partial charge is 0.342 e. The van der Waals surface area contributed by atoms with Crippen LogP contribution in [-0.4, -0.2) is 31.1 Å². The molecule has 1 aromatic carbocycles. The lowest BCUT2D eigenvalue weighted by molar-refractivity contribution is -0.116. The monoisotopic (exact) mass is 416 g/mol. The Balaban J connectivity index is 1.75. The Morgan fingerprint density at radius 1 is 1.31 bits per heavy atom. The Hall–Kier alpha value is -2.87. The molecule has 0 bridgehead atoms. The van der Waals surface area contributed by atoms with Crippen molar-refractivity contribution in [2.75, 3.05) is 19.5 Å². The summed E-state index contributed by atoms with van der Waals surface area (Å²) < 4.78 is 16.4. The molecule has 1 aromatic heterocycles. The highest BCUT2D eigenvalue weighted by atomic mass is 32.1. The molecule has 154 valence electrons. The molecule has 0 aliphatic carbocycles. The van der Waals surface area contributed by atoms with E-state index in [9.17, 15) is 9.59 Å². The first kappa shape index (κ1) is 20.9. The first-order chi connectivity index (χ1) is 14.0. The summed E-state index contributed by atoms with van der Waals surface area (Å²) in [7, 11) is 3.15. The first-order valence-electron chi connectivity index (χ1n) is 9.24. The van der Waals surface area contributed by atoms with Crippen LogP contribution in [0.25, 0.3) is 0 Å². The van der Waals surface area contributed by atoms with Gasteiger partial charge in [0, 0.05) is 29.1 Å². The second-order valence-electron chi connectivity index (χ2n) is 6.74. The molecule has 0 radical (unpaired) electrons. The van der Waals surface area contributed by atoms with Crippen molar-refractivity contribution in [2.24, 2.45) is 0 Å². The van der Waals surface area contributed by atoms with Crippen LogP contribution in [0, 0.1) is 6.92 Å². The van der Waals surface area contributed by atoms with E-state index in [4.69, 9.17) is 14.2 Å². The van der Waals surface area contributed by atoms with Crippen LogP contribution in [0.15, 0.2) is 23.2 Å². The molecule has 1 aliphatic rings. The highest BCUT2D eigenvalue weighted by molar-refractivity contribution is 7.13. The minimum Gasteiger partial charge on any atom is -0.496 e. The first-order valence-corrected chi connectivity index (χ1v) is 10.1. The molecule has 0 spiro atoms. The van der Waals surface area contributed by atoms with Gasteiger partial charge in [-0.05, 0) is 32.3 Å². The third-order valence-electron chi connectivity index (χ3n) is 4.91. The number of hydrogen-bond acceptors (Lipinski definition) is 7. The van der Waals surface area contributed by atoms with Crippen LogP contribution in [0.4, 0.5) is 5.13 Å².